The molecule has 2 atom stereocenters. The Balaban J connectivity index is 1.77. The van der Waals surface area contributed by atoms with Gasteiger partial charge in [-0.1, -0.05) is 0 Å². The fraction of sp³-hybridized carbons (Fsp3) is 1.00. The van der Waals surface area contributed by atoms with Crippen LogP contribution in [0.15, 0.2) is 0 Å². The van der Waals surface area contributed by atoms with Crippen LogP contribution in [-0.2, 0) is 4.74 Å². The van der Waals surface area contributed by atoms with E-state index in [0.29, 0.717) is 5.54 Å². The van der Waals surface area contributed by atoms with Gasteiger partial charge in [0, 0.05) is 43.9 Å². The van der Waals surface area contributed by atoms with Crippen LogP contribution >= 0.6 is 0 Å². The average molecular weight is 282 g/mol. The molecule has 0 spiro atoms. The van der Waals surface area contributed by atoms with Crippen LogP contribution < -0.4 is 0 Å². The third-order valence-corrected chi connectivity index (χ3v) is 4.63. The Kier molecular flexibility index (Phi) is 4.83. The zero-order valence-electron chi connectivity index (χ0n) is 14.4. The van der Waals surface area contributed by atoms with E-state index in [1.807, 2.05) is 0 Å². The molecule has 3 heterocycles. The van der Waals surface area contributed by atoms with Crippen molar-refractivity contribution < 1.29 is 4.74 Å². The molecule has 0 aliphatic carbocycles. The number of hydrogen-bond acceptors (Lipinski definition) is 3. The Labute approximate surface area is 125 Å². The number of hydrogen-bond donors (Lipinski definition) is 0. The average Bonchev–Trinajstić information content (AvgIpc) is 2.33. The van der Waals surface area contributed by atoms with Crippen LogP contribution in [0.4, 0.5) is 0 Å². The highest BCUT2D eigenvalue weighted by molar-refractivity contribution is 4.98. The van der Waals surface area contributed by atoms with Gasteiger partial charge in [-0.05, 0) is 60.8 Å². The van der Waals surface area contributed by atoms with E-state index >= 15 is 0 Å². The Morgan fingerprint density at radius 3 is 2.10 bits per heavy atom. The van der Waals surface area contributed by atoms with E-state index < -0.39 is 0 Å². The van der Waals surface area contributed by atoms with E-state index in [-0.39, 0.29) is 5.60 Å². The van der Waals surface area contributed by atoms with Gasteiger partial charge in [-0.25, -0.2) is 0 Å². The van der Waals surface area contributed by atoms with E-state index in [1.165, 1.54) is 32.5 Å². The highest BCUT2D eigenvalue weighted by Gasteiger charge is 2.42. The van der Waals surface area contributed by atoms with Crippen LogP contribution in [0.1, 0.15) is 60.8 Å². The van der Waals surface area contributed by atoms with Gasteiger partial charge in [-0.15, -0.1) is 0 Å². The maximum Gasteiger partial charge on any atom is 0.0598 e. The standard InChI is InChI=1S/C17H34N2O/c1-16(2,3)19-13-14-8-9-15(19)12-18(14)10-7-11-20-17(4,5)6/h14-15H,7-13H2,1-6H3. The number of ether oxygens (including phenoxy) is 1. The number of piperazine rings is 1. The zero-order chi connectivity index (χ0) is 15.0. The van der Waals surface area contributed by atoms with Gasteiger partial charge in [0.1, 0.15) is 0 Å². The van der Waals surface area contributed by atoms with Crippen molar-refractivity contribution in [2.45, 2.75) is 84.0 Å². The van der Waals surface area contributed by atoms with Crippen LogP contribution in [0.25, 0.3) is 0 Å². The molecule has 3 fully saturated rings. The van der Waals surface area contributed by atoms with Crippen LogP contribution in [0, 0.1) is 0 Å². The molecule has 0 aromatic rings. The van der Waals surface area contributed by atoms with Crippen molar-refractivity contribution in [3.63, 3.8) is 0 Å². The molecule has 0 saturated carbocycles. The molecule has 0 aromatic heterocycles. The van der Waals surface area contributed by atoms with Gasteiger partial charge in [0.15, 0.2) is 0 Å². The molecule has 3 nitrogen and oxygen atoms in total. The second-order valence-corrected chi connectivity index (χ2v) is 8.52. The first kappa shape index (κ1) is 16.3. The highest BCUT2D eigenvalue weighted by atomic mass is 16.5. The number of nitrogens with zero attached hydrogens (tertiary/aromatic N) is 2. The third kappa shape index (κ3) is 4.19. The maximum absolute atomic E-state index is 5.84. The SMILES string of the molecule is CC(C)(C)OCCCN1CC2CCC1CN2C(C)(C)C. The van der Waals surface area contributed by atoms with Crippen molar-refractivity contribution in [2.75, 3.05) is 26.2 Å². The van der Waals surface area contributed by atoms with Gasteiger partial charge in [-0.3, -0.25) is 9.80 Å². The van der Waals surface area contributed by atoms with Crippen molar-refractivity contribution in [1.29, 1.82) is 0 Å². The summed E-state index contributed by atoms with van der Waals surface area (Å²) in [6, 6.07) is 1.54. The topological polar surface area (TPSA) is 15.7 Å². The van der Waals surface area contributed by atoms with Gasteiger partial charge in [0.25, 0.3) is 0 Å². The van der Waals surface area contributed by atoms with Crippen LogP contribution in [-0.4, -0.2) is 59.3 Å². The van der Waals surface area contributed by atoms with Crippen LogP contribution in [0.5, 0.6) is 0 Å². The molecule has 20 heavy (non-hydrogen) atoms. The summed E-state index contributed by atoms with van der Waals surface area (Å²) in [5.74, 6) is 0. The lowest BCUT2D eigenvalue weighted by molar-refractivity contribution is -0.0686. The molecule has 3 aliphatic heterocycles. The normalized spacial score (nSPS) is 29.1. The Morgan fingerprint density at radius 1 is 0.950 bits per heavy atom. The summed E-state index contributed by atoms with van der Waals surface area (Å²) in [6.45, 7) is 18.1. The molecular formula is C17H34N2O. The fourth-order valence-corrected chi connectivity index (χ4v) is 3.66. The predicted octanol–water partition coefficient (Wildman–Crippen LogP) is 3.14. The van der Waals surface area contributed by atoms with Gasteiger partial charge in [0.05, 0.1) is 5.60 Å². The largest absolute Gasteiger partial charge is 0.376 e. The molecule has 2 bridgehead atoms. The monoisotopic (exact) mass is 282 g/mol. The Bertz CT molecular complexity index is 316. The maximum atomic E-state index is 5.84. The van der Waals surface area contributed by atoms with Gasteiger partial charge in [0.2, 0.25) is 0 Å². The minimum atomic E-state index is 0.00391. The molecule has 0 radical (unpaired) electrons. The highest BCUT2D eigenvalue weighted by Crippen LogP contribution is 2.33. The number of piperidine rings is 2. The molecule has 2 unspecified atom stereocenters. The molecule has 118 valence electrons. The molecule has 3 aliphatic rings. The summed E-state index contributed by atoms with van der Waals surface area (Å²) in [5, 5.41) is 0. The summed E-state index contributed by atoms with van der Waals surface area (Å²) >= 11 is 0. The molecule has 0 amide bonds. The third-order valence-electron chi connectivity index (χ3n) is 4.63. The summed E-state index contributed by atoms with van der Waals surface area (Å²) in [6.07, 6.45) is 3.93. The number of rotatable bonds is 4. The minimum Gasteiger partial charge on any atom is -0.376 e. The van der Waals surface area contributed by atoms with E-state index in [4.69, 9.17) is 4.74 Å². The molecule has 0 N–H and O–H groups in total. The first-order chi connectivity index (χ1) is 9.17. The smallest absolute Gasteiger partial charge is 0.0598 e. The van der Waals surface area contributed by atoms with Crippen LogP contribution in [0.3, 0.4) is 0 Å². The summed E-state index contributed by atoms with van der Waals surface area (Å²) < 4.78 is 5.84. The molecule has 3 heteroatoms. The lowest BCUT2D eigenvalue weighted by atomic mass is 9.86. The molecule has 0 aromatic carbocycles. The van der Waals surface area contributed by atoms with Crippen molar-refractivity contribution in [3.8, 4) is 0 Å². The Morgan fingerprint density at radius 2 is 1.60 bits per heavy atom. The number of fused-ring (bicyclic) bond motifs is 3. The van der Waals surface area contributed by atoms with E-state index in [9.17, 15) is 0 Å². The second-order valence-electron chi connectivity index (χ2n) is 8.52. The minimum absolute atomic E-state index is 0.00391. The van der Waals surface area contributed by atoms with Crippen LogP contribution in [0.2, 0.25) is 0 Å². The summed E-state index contributed by atoms with van der Waals surface area (Å²) in [7, 11) is 0. The Hall–Kier alpha value is -0.120. The van der Waals surface area contributed by atoms with Gasteiger partial charge >= 0.3 is 0 Å². The van der Waals surface area contributed by atoms with E-state index in [2.05, 4.69) is 51.3 Å². The molecular weight excluding hydrogens is 248 g/mol. The molecule has 3 saturated heterocycles. The van der Waals surface area contributed by atoms with Crippen molar-refractivity contribution in [2.24, 2.45) is 0 Å². The van der Waals surface area contributed by atoms with Crippen molar-refractivity contribution in [3.05, 3.63) is 0 Å². The summed E-state index contributed by atoms with van der Waals surface area (Å²) in [5.41, 5.74) is 0.328. The fourth-order valence-electron chi connectivity index (χ4n) is 3.66. The first-order valence-corrected chi connectivity index (χ1v) is 8.31. The molecule has 3 rings (SSSR count). The van der Waals surface area contributed by atoms with Gasteiger partial charge < -0.3 is 4.74 Å². The van der Waals surface area contributed by atoms with E-state index in [0.717, 1.165) is 25.1 Å². The van der Waals surface area contributed by atoms with Crippen molar-refractivity contribution in [1.82, 2.24) is 9.80 Å². The van der Waals surface area contributed by atoms with Gasteiger partial charge in [-0.2, -0.15) is 0 Å². The predicted molar refractivity (Wildman–Crippen MR) is 85.2 cm³/mol. The van der Waals surface area contributed by atoms with E-state index in [1.54, 1.807) is 0 Å². The quantitative estimate of drug-likeness (QED) is 0.737. The first-order valence-electron chi connectivity index (χ1n) is 8.31. The van der Waals surface area contributed by atoms with Crippen molar-refractivity contribution >= 4 is 0 Å². The lowest BCUT2D eigenvalue weighted by Gasteiger charge is -2.56. The second kappa shape index (κ2) is 5.94. The lowest BCUT2D eigenvalue weighted by Crippen LogP contribution is -2.66. The summed E-state index contributed by atoms with van der Waals surface area (Å²) in [4.78, 5) is 5.44. The zero-order valence-corrected chi connectivity index (χ0v) is 14.4.